The minimum Gasteiger partial charge on any atom is -0.373 e. The minimum absolute atomic E-state index is 0.419. The Bertz CT molecular complexity index is 424. The minimum atomic E-state index is 0.419. The fourth-order valence-corrected chi connectivity index (χ4v) is 3.26. The molecule has 0 aromatic carbocycles. The Kier molecular flexibility index (Phi) is 5.21. The topological polar surface area (TPSA) is 41.1 Å². The van der Waals surface area contributed by atoms with Crippen LogP contribution >= 0.6 is 0 Å². The van der Waals surface area contributed by atoms with Crippen molar-refractivity contribution in [3.8, 4) is 0 Å². The van der Waals surface area contributed by atoms with Crippen molar-refractivity contribution in [2.24, 2.45) is 5.92 Å². The van der Waals surface area contributed by atoms with Crippen molar-refractivity contribution in [2.75, 3.05) is 30.9 Å². The van der Waals surface area contributed by atoms with Crippen molar-refractivity contribution >= 4 is 11.6 Å². The van der Waals surface area contributed by atoms with Crippen molar-refractivity contribution in [1.29, 1.82) is 0 Å². The van der Waals surface area contributed by atoms with Crippen LogP contribution in [-0.2, 0) is 0 Å². The van der Waals surface area contributed by atoms with Gasteiger partial charge in [-0.2, -0.15) is 0 Å². The third kappa shape index (κ3) is 3.41. The van der Waals surface area contributed by atoms with Gasteiger partial charge in [-0.05, 0) is 24.7 Å². The number of nitrogens with zero attached hydrogens (tertiary/aromatic N) is 3. The molecule has 4 heteroatoms. The fraction of sp³-hybridized carbons (Fsp3) is 0.750. The van der Waals surface area contributed by atoms with Crippen LogP contribution in [0.5, 0.6) is 0 Å². The van der Waals surface area contributed by atoms with Crippen LogP contribution in [0.4, 0.5) is 11.6 Å². The van der Waals surface area contributed by atoms with Crippen molar-refractivity contribution < 1.29 is 0 Å². The summed E-state index contributed by atoms with van der Waals surface area (Å²) in [7, 11) is 4.10. The van der Waals surface area contributed by atoms with Crippen LogP contribution in [0.3, 0.4) is 0 Å². The third-order valence-corrected chi connectivity index (χ3v) is 4.30. The normalized spacial score (nSPS) is 16.4. The molecular formula is C16H28N4. The first kappa shape index (κ1) is 15.1. The standard InChI is InChI=1S/C16H28N4/c1-12(2)14-15(17-3)18-11-19-16(14)20(4)10-13-8-6-5-7-9-13/h11-13H,5-10H2,1-4H3,(H,17,18,19). The van der Waals surface area contributed by atoms with Crippen molar-refractivity contribution in [2.45, 2.75) is 51.9 Å². The first-order valence-corrected chi connectivity index (χ1v) is 7.87. The highest BCUT2D eigenvalue weighted by Gasteiger charge is 2.20. The molecule has 0 saturated heterocycles. The summed E-state index contributed by atoms with van der Waals surface area (Å²) in [4.78, 5) is 11.2. The van der Waals surface area contributed by atoms with Gasteiger partial charge >= 0.3 is 0 Å². The molecule has 0 atom stereocenters. The predicted octanol–water partition coefficient (Wildman–Crippen LogP) is 3.66. The van der Waals surface area contributed by atoms with Gasteiger partial charge in [0.25, 0.3) is 0 Å². The molecule has 20 heavy (non-hydrogen) atoms. The number of nitrogens with one attached hydrogen (secondary N) is 1. The van der Waals surface area contributed by atoms with Crippen LogP contribution in [-0.4, -0.2) is 30.6 Å². The zero-order valence-electron chi connectivity index (χ0n) is 13.3. The van der Waals surface area contributed by atoms with Crippen LogP contribution in [0.1, 0.15) is 57.4 Å². The van der Waals surface area contributed by atoms with E-state index in [9.17, 15) is 0 Å². The molecule has 0 unspecified atom stereocenters. The second kappa shape index (κ2) is 6.91. The molecule has 1 aliphatic carbocycles. The van der Waals surface area contributed by atoms with E-state index >= 15 is 0 Å². The predicted molar refractivity (Wildman–Crippen MR) is 85.5 cm³/mol. The van der Waals surface area contributed by atoms with Crippen molar-refractivity contribution in [3.05, 3.63) is 11.9 Å². The second-order valence-corrected chi connectivity index (χ2v) is 6.25. The smallest absolute Gasteiger partial charge is 0.137 e. The summed E-state index contributed by atoms with van der Waals surface area (Å²) in [6.07, 6.45) is 8.60. The van der Waals surface area contributed by atoms with Gasteiger partial charge in [-0.3, -0.25) is 0 Å². The molecule has 2 rings (SSSR count). The van der Waals surface area contributed by atoms with E-state index in [-0.39, 0.29) is 0 Å². The van der Waals surface area contributed by atoms with E-state index in [1.165, 1.54) is 37.7 Å². The maximum Gasteiger partial charge on any atom is 0.137 e. The number of aromatic nitrogens is 2. The van der Waals surface area contributed by atoms with Gasteiger partial charge in [-0.25, -0.2) is 9.97 Å². The van der Waals surface area contributed by atoms with Gasteiger partial charge in [0.15, 0.2) is 0 Å². The number of anilines is 2. The summed E-state index contributed by atoms with van der Waals surface area (Å²) in [6, 6.07) is 0. The highest BCUT2D eigenvalue weighted by molar-refractivity contribution is 5.59. The van der Waals surface area contributed by atoms with Crippen LogP contribution in [0, 0.1) is 5.92 Å². The SMILES string of the molecule is CNc1ncnc(N(C)CC2CCCCC2)c1C(C)C. The molecule has 1 aliphatic rings. The van der Waals surface area contributed by atoms with E-state index in [1.807, 2.05) is 7.05 Å². The highest BCUT2D eigenvalue weighted by Crippen LogP contribution is 2.32. The third-order valence-electron chi connectivity index (χ3n) is 4.30. The molecule has 0 spiro atoms. The Morgan fingerprint density at radius 2 is 1.95 bits per heavy atom. The molecular weight excluding hydrogens is 248 g/mol. The Hall–Kier alpha value is -1.32. The van der Waals surface area contributed by atoms with Gasteiger partial charge in [0.05, 0.1) is 0 Å². The molecule has 0 radical (unpaired) electrons. The summed E-state index contributed by atoms with van der Waals surface area (Å²) >= 11 is 0. The Morgan fingerprint density at radius 1 is 1.25 bits per heavy atom. The lowest BCUT2D eigenvalue weighted by Gasteiger charge is -2.29. The van der Waals surface area contributed by atoms with Crippen LogP contribution in [0.15, 0.2) is 6.33 Å². The van der Waals surface area contributed by atoms with Crippen molar-refractivity contribution in [3.63, 3.8) is 0 Å². The Balaban J connectivity index is 2.17. The van der Waals surface area contributed by atoms with Crippen LogP contribution in [0.2, 0.25) is 0 Å². The maximum atomic E-state index is 4.55. The largest absolute Gasteiger partial charge is 0.373 e. The molecule has 0 aliphatic heterocycles. The molecule has 4 nitrogen and oxygen atoms in total. The summed E-state index contributed by atoms with van der Waals surface area (Å²) < 4.78 is 0. The Morgan fingerprint density at radius 3 is 2.55 bits per heavy atom. The van der Waals surface area contributed by atoms with Gasteiger partial charge in [-0.15, -0.1) is 0 Å². The second-order valence-electron chi connectivity index (χ2n) is 6.25. The van der Waals surface area contributed by atoms with E-state index in [1.54, 1.807) is 6.33 Å². The fourth-order valence-electron chi connectivity index (χ4n) is 3.26. The first-order chi connectivity index (χ1) is 9.63. The zero-order valence-corrected chi connectivity index (χ0v) is 13.3. The van der Waals surface area contributed by atoms with E-state index in [0.717, 1.165) is 24.1 Å². The van der Waals surface area contributed by atoms with E-state index in [0.29, 0.717) is 5.92 Å². The molecule has 1 aromatic heterocycles. The summed E-state index contributed by atoms with van der Waals surface area (Å²) in [5.41, 5.74) is 1.23. The highest BCUT2D eigenvalue weighted by atomic mass is 15.2. The van der Waals surface area contributed by atoms with Crippen molar-refractivity contribution in [1.82, 2.24) is 9.97 Å². The lowest BCUT2D eigenvalue weighted by atomic mass is 9.89. The van der Waals surface area contributed by atoms with Gasteiger partial charge in [-0.1, -0.05) is 33.1 Å². The van der Waals surface area contributed by atoms with E-state index in [4.69, 9.17) is 0 Å². The summed E-state index contributed by atoms with van der Waals surface area (Å²) in [6.45, 7) is 5.52. The van der Waals surface area contributed by atoms with Crippen LogP contribution in [0.25, 0.3) is 0 Å². The molecule has 112 valence electrons. The maximum absolute atomic E-state index is 4.55. The summed E-state index contributed by atoms with van der Waals surface area (Å²) in [5, 5.41) is 3.20. The molecule has 1 aromatic rings. The average molecular weight is 276 g/mol. The van der Waals surface area contributed by atoms with Gasteiger partial charge in [0.1, 0.15) is 18.0 Å². The molecule has 0 amide bonds. The van der Waals surface area contributed by atoms with E-state index in [2.05, 4.69) is 41.1 Å². The molecule has 1 saturated carbocycles. The quantitative estimate of drug-likeness (QED) is 0.891. The molecule has 1 N–H and O–H groups in total. The lowest BCUT2D eigenvalue weighted by Crippen LogP contribution is -2.29. The Labute approximate surface area is 123 Å². The molecule has 1 fully saturated rings. The number of hydrogen-bond acceptors (Lipinski definition) is 4. The average Bonchev–Trinajstić information content (AvgIpc) is 2.47. The lowest BCUT2D eigenvalue weighted by molar-refractivity contribution is 0.361. The van der Waals surface area contributed by atoms with Crippen LogP contribution < -0.4 is 10.2 Å². The zero-order chi connectivity index (χ0) is 14.5. The van der Waals surface area contributed by atoms with Gasteiger partial charge in [0, 0.05) is 26.2 Å². The number of rotatable bonds is 5. The molecule has 0 bridgehead atoms. The van der Waals surface area contributed by atoms with E-state index < -0.39 is 0 Å². The summed E-state index contributed by atoms with van der Waals surface area (Å²) in [5.74, 6) is 3.29. The monoisotopic (exact) mass is 276 g/mol. The van der Waals surface area contributed by atoms with Gasteiger partial charge < -0.3 is 10.2 Å². The van der Waals surface area contributed by atoms with Gasteiger partial charge in [0.2, 0.25) is 0 Å². The number of hydrogen-bond donors (Lipinski definition) is 1. The molecule has 1 heterocycles. The first-order valence-electron chi connectivity index (χ1n) is 7.87.